The Labute approximate surface area is 155 Å². The number of hydrogen-bond acceptors (Lipinski definition) is 5. The number of thiophene rings is 1. The van der Waals surface area contributed by atoms with Crippen LogP contribution >= 0.6 is 11.3 Å². The molecule has 1 aliphatic rings. The number of piperidine rings is 1. The van der Waals surface area contributed by atoms with Crippen molar-refractivity contribution in [2.75, 3.05) is 13.1 Å². The average molecular weight is 377 g/mol. The van der Waals surface area contributed by atoms with Crippen LogP contribution in [0.4, 0.5) is 0 Å². The van der Waals surface area contributed by atoms with Crippen LogP contribution in [0.2, 0.25) is 0 Å². The maximum Gasteiger partial charge on any atom is 0.308 e. The van der Waals surface area contributed by atoms with Gasteiger partial charge in [0.1, 0.15) is 10.7 Å². The summed E-state index contributed by atoms with van der Waals surface area (Å²) in [6.45, 7) is 6.66. The molecule has 3 rings (SSSR count). The molecular weight excluding hydrogens is 354 g/mol. The zero-order chi connectivity index (χ0) is 19.0. The van der Waals surface area contributed by atoms with Crippen molar-refractivity contribution in [3.05, 3.63) is 26.6 Å². The molecule has 26 heavy (non-hydrogen) atoms. The number of aromatic amines is 1. The van der Waals surface area contributed by atoms with Crippen molar-refractivity contribution >= 4 is 33.4 Å². The predicted octanol–water partition coefficient (Wildman–Crippen LogP) is 2.10. The second-order valence-corrected chi connectivity index (χ2v) is 8.35. The highest BCUT2D eigenvalue weighted by Crippen LogP contribution is 2.26. The molecule has 0 aromatic carbocycles. The Kier molecular flexibility index (Phi) is 5.13. The Morgan fingerprint density at radius 1 is 1.35 bits per heavy atom. The van der Waals surface area contributed by atoms with E-state index in [1.54, 1.807) is 4.90 Å². The van der Waals surface area contributed by atoms with Crippen LogP contribution in [0.5, 0.6) is 0 Å². The first-order valence-electron chi connectivity index (χ1n) is 8.75. The molecule has 1 fully saturated rings. The van der Waals surface area contributed by atoms with E-state index in [1.807, 2.05) is 20.8 Å². The van der Waals surface area contributed by atoms with E-state index in [0.29, 0.717) is 35.4 Å². The van der Waals surface area contributed by atoms with Crippen molar-refractivity contribution in [2.24, 2.45) is 11.8 Å². The fraction of sp³-hybridized carbons (Fsp3) is 0.556. The molecule has 2 N–H and O–H groups in total. The molecule has 0 spiro atoms. The number of amides is 1. The van der Waals surface area contributed by atoms with E-state index in [-0.39, 0.29) is 30.3 Å². The van der Waals surface area contributed by atoms with Crippen LogP contribution in [0.1, 0.15) is 36.0 Å². The minimum atomic E-state index is -0.853. The number of rotatable bonds is 4. The Morgan fingerprint density at radius 3 is 2.77 bits per heavy atom. The molecule has 0 aliphatic carbocycles. The van der Waals surface area contributed by atoms with Gasteiger partial charge in [0.25, 0.3) is 5.56 Å². The highest BCUT2D eigenvalue weighted by molar-refractivity contribution is 7.18. The minimum absolute atomic E-state index is 0.0934. The van der Waals surface area contributed by atoms with Crippen LogP contribution in [-0.2, 0) is 16.0 Å². The molecule has 1 aliphatic heterocycles. The predicted molar refractivity (Wildman–Crippen MR) is 99.5 cm³/mol. The maximum absolute atomic E-state index is 12.5. The van der Waals surface area contributed by atoms with Gasteiger partial charge in [0.2, 0.25) is 5.91 Å². The van der Waals surface area contributed by atoms with E-state index < -0.39 is 11.9 Å². The Morgan fingerprint density at radius 2 is 2.08 bits per heavy atom. The van der Waals surface area contributed by atoms with Crippen molar-refractivity contribution in [2.45, 2.75) is 40.0 Å². The first kappa shape index (κ1) is 18.6. The number of carbonyl (C=O) groups excluding carboxylic acids is 1. The van der Waals surface area contributed by atoms with E-state index in [4.69, 9.17) is 0 Å². The monoisotopic (exact) mass is 377 g/mol. The van der Waals surface area contributed by atoms with Crippen molar-refractivity contribution in [1.29, 1.82) is 0 Å². The minimum Gasteiger partial charge on any atom is -0.481 e. The lowest BCUT2D eigenvalue weighted by atomic mass is 9.90. The second kappa shape index (κ2) is 7.19. The summed E-state index contributed by atoms with van der Waals surface area (Å²) >= 11 is 1.48. The van der Waals surface area contributed by atoms with Gasteiger partial charge >= 0.3 is 5.97 Å². The Hall–Kier alpha value is -2.22. The summed E-state index contributed by atoms with van der Waals surface area (Å²) in [4.78, 5) is 46.7. The zero-order valence-electron chi connectivity index (χ0n) is 15.2. The summed E-state index contributed by atoms with van der Waals surface area (Å²) in [5.74, 6) is -0.788. The van der Waals surface area contributed by atoms with Gasteiger partial charge in [-0.3, -0.25) is 14.4 Å². The second-order valence-electron chi connectivity index (χ2n) is 7.15. The molecule has 2 aromatic heterocycles. The number of H-pyrrole nitrogens is 1. The van der Waals surface area contributed by atoms with Gasteiger partial charge in [-0.1, -0.05) is 6.92 Å². The first-order chi connectivity index (χ1) is 12.3. The highest BCUT2D eigenvalue weighted by atomic mass is 32.1. The van der Waals surface area contributed by atoms with Crippen molar-refractivity contribution in [3.8, 4) is 0 Å². The molecule has 8 heteroatoms. The number of hydrogen-bond donors (Lipinski definition) is 2. The summed E-state index contributed by atoms with van der Waals surface area (Å²) in [6, 6.07) is 0. The third kappa shape index (κ3) is 3.65. The zero-order valence-corrected chi connectivity index (χ0v) is 16.0. The van der Waals surface area contributed by atoms with Crippen LogP contribution in [0, 0.1) is 25.7 Å². The van der Waals surface area contributed by atoms with Gasteiger partial charge in [-0.2, -0.15) is 0 Å². The van der Waals surface area contributed by atoms with Crippen LogP contribution in [0.25, 0.3) is 10.2 Å². The smallest absolute Gasteiger partial charge is 0.308 e. The number of carbonyl (C=O) groups is 2. The number of carboxylic acids is 1. The van der Waals surface area contributed by atoms with E-state index >= 15 is 0 Å². The number of aromatic nitrogens is 2. The summed E-state index contributed by atoms with van der Waals surface area (Å²) in [6.07, 6.45) is 1.14. The highest BCUT2D eigenvalue weighted by Gasteiger charge is 2.31. The lowest BCUT2D eigenvalue weighted by Crippen LogP contribution is -2.45. The molecule has 7 nitrogen and oxygen atoms in total. The van der Waals surface area contributed by atoms with Crippen molar-refractivity contribution < 1.29 is 14.7 Å². The molecule has 1 amide bonds. The van der Waals surface area contributed by atoms with Gasteiger partial charge in [0.15, 0.2) is 0 Å². The molecule has 2 aromatic rings. The van der Waals surface area contributed by atoms with Crippen molar-refractivity contribution in [3.63, 3.8) is 0 Å². The normalized spacial score (nSPS) is 20.5. The topological polar surface area (TPSA) is 103 Å². The van der Waals surface area contributed by atoms with Gasteiger partial charge in [-0.05, 0) is 31.7 Å². The summed E-state index contributed by atoms with van der Waals surface area (Å²) in [5, 5.41) is 9.85. The van der Waals surface area contributed by atoms with Gasteiger partial charge in [-0.15, -0.1) is 11.3 Å². The lowest BCUT2D eigenvalue weighted by molar-refractivity contribution is -0.146. The van der Waals surface area contributed by atoms with Gasteiger partial charge in [0.05, 0.1) is 11.3 Å². The molecule has 140 valence electrons. The SMILES string of the molecule is Cc1sc2nc(CCC(=O)N3CC(C)CC(C(=O)O)C3)[nH]c(=O)c2c1C. The number of aryl methyl sites for hydroxylation is 3. The molecule has 0 saturated carbocycles. The number of likely N-dealkylation sites (tertiary alicyclic amines) is 1. The molecule has 3 heterocycles. The third-order valence-corrected chi connectivity index (χ3v) is 6.13. The molecule has 0 radical (unpaired) electrons. The summed E-state index contributed by atoms with van der Waals surface area (Å²) in [5.41, 5.74) is 0.778. The largest absolute Gasteiger partial charge is 0.481 e. The molecule has 0 bridgehead atoms. The molecule has 2 atom stereocenters. The Balaban J connectivity index is 1.70. The standard InChI is InChI=1S/C18H23N3O4S/c1-9-6-12(18(24)25)8-21(7-9)14(22)5-4-13-19-16(23)15-10(2)11(3)26-17(15)20-13/h9,12H,4-8H2,1-3H3,(H,24,25)(H,19,20,23). The van der Waals surface area contributed by atoms with Crippen LogP contribution in [0.15, 0.2) is 4.79 Å². The van der Waals surface area contributed by atoms with Gasteiger partial charge < -0.3 is 15.0 Å². The fourth-order valence-corrected chi connectivity index (χ4v) is 4.58. The fourth-order valence-electron chi connectivity index (χ4n) is 3.54. The summed E-state index contributed by atoms with van der Waals surface area (Å²) in [7, 11) is 0. The number of fused-ring (bicyclic) bond motifs is 1. The number of nitrogens with one attached hydrogen (secondary N) is 1. The molecule has 2 unspecified atom stereocenters. The number of carboxylic acid groups (broad SMARTS) is 1. The van der Waals surface area contributed by atoms with Crippen LogP contribution in [-0.4, -0.2) is 44.9 Å². The lowest BCUT2D eigenvalue weighted by Gasteiger charge is -2.34. The van der Waals surface area contributed by atoms with Gasteiger partial charge in [0, 0.05) is 30.8 Å². The van der Waals surface area contributed by atoms with Crippen molar-refractivity contribution in [1.82, 2.24) is 14.9 Å². The molecular formula is C18H23N3O4S. The van der Waals surface area contributed by atoms with Crippen LogP contribution in [0.3, 0.4) is 0 Å². The third-order valence-electron chi connectivity index (χ3n) is 5.03. The van der Waals surface area contributed by atoms with E-state index in [9.17, 15) is 19.5 Å². The number of aliphatic carboxylic acids is 1. The van der Waals surface area contributed by atoms with E-state index in [0.717, 1.165) is 10.4 Å². The first-order valence-corrected chi connectivity index (χ1v) is 9.57. The average Bonchev–Trinajstić information content (AvgIpc) is 2.86. The number of nitrogens with zero attached hydrogens (tertiary/aromatic N) is 2. The van der Waals surface area contributed by atoms with Gasteiger partial charge in [-0.25, -0.2) is 4.98 Å². The quantitative estimate of drug-likeness (QED) is 0.849. The maximum atomic E-state index is 12.5. The summed E-state index contributed by atoms with van der Waals surface area (Å²) < 4.78 is 0. The van der Waals surface area contributed by atoms with E-state index in [1.165, 1.54) is 11.3 Å². The van der Waals surface area contributed by atoms with E-state index in [2.05, 4.69) is 9.97 Å². The Bertz CT molecular complexity index is 917. The van der Waals surface area contributed by atoms with Crippen LogP contribution < -0.4 is 5.56 Å². The molecule has 1 saturated heterocycles.